The van der Waals surface area contributed by atoms with Crippen LogP contribution in [0.2, 0.25) is 0 Å². The summed E-state index contributed by atoms with van der Waals surface area (Å²) in [5.74, 6) is 1.43. The molecule has 1 amide bonds. The molecule has 0 spiro atoms. The van der Waals surface area contributed by atoms with Crippen LogP contribution in [0.1, 0.15) is 59.8 Å². The zero-order chi connectivity index (χ0) is 17.8. The van der Waals surface area contributed by atoms with Gasteiger partial charge in [-0.1, -0.05) is 26.0 Å². The Hall–Kier alpha value is -1.52. The molecule has 0 aromatic heterocycles. The van der Waals surface area contributed by atoms with Gasteiger partial charge in [0.25, 0.3) is 0 Å². The van der Waals surface area contributed by atoms with E-state index in [9.17, 15) is 4.79 Å². The number of rotatable bonds is 8. The second-order valence-corrected chi connectivity index (χ2v) is 6.38. The molecule has 5 nitrogen and oxygen atoms in total. The van der Waals surface area contributed by atoms with E-state index >= 15 is 0 Å². The number of hydrogen-bond acceptors (Lipinski definition) is 2. The zero-order valence-electron chi connectivity index (χ0n) is 16.0. The molecular weight excluding hydrogens is 300 g/mol. The molecule has 138 valence electrons. The molecule has 24 heavy (non-hydrogen) atoms. The zero-order valence-corrected chi connectivity index (χ0v) is 16.0. The summed E-state index contributed by atoms with van der Waals surface area (Å²) < 4.78 is 0. The van der Waals surface area contributed by atoms with Gasteiger partial charge in [0.1, 0.15) is 0 Å². The first kappa shape index (κ1) is 20.5. The van der Waals surface area contributed by atoms with Crippen molar-refractivity contribution >= 4 is 11.9 Å². The van der Waals surface area contributed by atoms with Crippen LogP contribution in [0.4, 0.5) is 0 Å². The minimum absolute atomic E-state index is 0.194. The number of aliphatic imine (C=N–C) groups is 1. The van der Waals surface area contributed by atoms with Crippen molar-refractivity contribution in [1.29, 1.82) is 0 Å². The molecule has 0 atom stereocenters. The van der Waals surface area contributed by atoms with Crippen LogP contribution >= 0.6 is 0 Å². The molecule has 5 heteroatoms. The fraction of sp³-hybridized carbons (Fsp3) is 0.789. The quantitative estimate of drug-likeness (QED) is 0.310. The van der Waals surface area contributed by atoms with E-state index in [0.29, 0.717) is 11.9 Å². The molecule has 1 saturated heterocycles. The van der Waals surface area contributed by atoms with Gasteiger partial charge in [0.15, 0.2) is 5.96 Å². The largest absolute Gasteiger partial charge is 0.357 e. The van der Waals surface area contributed by atoms with Crippen LogP contribution in [0, 0.1) is 5.92 Å². The number of guanidine groups is 1. The minimum Gasteiger partial charge on any atom is -0.357 e. The molecule has 1 rings (SSSR count). The lowest BCUT2D eigenvalue weighted by molar-refractivity contribution is -0.136. The first-order chi connectivity index (χ1) is 11.7. The van der Waals surface area contributed by atoms with Crippen LogP contribution in [0.25, 0.3) is 0 Å². The van der Waals surface area contributed by atoms with Crippen molar-refractivity contribution in [1.82, 2.24) is 15.5 Å². The van der Waals surface area contributed by atoms with Gasteiger partial charge in [0.2, 0.25) is 5.91 Å². The van der Waals surface area contributed by atoms with Crippen LogP contribution in [0.5, 0.6) is 0 Å². The minimum atomic E-state index is 0.194. The summed E-state index contributed by atoms with van der Waals surface area (Å²) in [5.41, 5.74) is 0. The molecule has 0 bridgehead atoms. The summed E-state index contributed by atoms with van der Waals surface area (Å²) >= 11 is 0. The van der Waals surface area contributed by atoms with Crippen molar-refractivity contribution in [2.75, 3.05) is 26.2 Å². The Kier molecular flexibility index (Phi) is 10.2. The van der Waals surface area contributed by atoms with Gasteiger partial charge in [0, 0.05) is 38.1 Å². The third-order valence-electron chi connectivity index (χ3n) is 4.63. The van der Waals surface area contributed by atoms with Gasteiger partial charge in [-0.15, -0.1) is 0 Å². The van der Waals surface area contributed by atoms with Gasteiger partial charge in [-0.3, -0.25) is 9.79 Å². The Morgan fingerprint density at radius 1 is 1.25 bits per heavy atom. The van der Waals surface area contributed by atoms with Crippen molar-refractivity contribution in [3.8, 4) is 0 Å². The van der Waals surface area contributed by atoms with Gasteiger partial charge in [-0.25, -0.2) is 0 Å². The lowest BCUT2D eigenvalue weighted by Gasteiger charge is -2.34. The number of hydrogen-bond donors (Lipinski definition) is 2. The lowest BCUT2D eigenvalue weighted by Crippen LogP contribution is -2.50. The van der Waals surface area contributed by atoms with E-state index < -0.39 is 0 Å². The molecule has 1 heterocycles. The van der Waals surface area contributed by atoms with E-state index in [4.69, 9.17) is 0 Å². The number of nitrogens with one attached hydrogen (secondary N) is 2. The summed E-state index contributed by atoms with van der Waals surface area (Å²) in [6.07, 6.45) is 9.02. The predicted molar refractivity (Wildman–Crippen MR) is 102 cm³/mol. The Morgan fingerprint density at radius 3 is 2.46 bits per heavy atom. The molecule has 2 N–H and O–H groups in total. The maximum Gasteiger partial charge on any atom is 0.225 e. The van der Waals surface area contributed by atoms with Crippen molar-refractivity contribution in [2.45, 2.75) is 65.8 Å². The Labute approximate surface area is 148 Å². The SMILES string of the molecule is C/C=C/CCN=C(NCC)NC1CCN(C(=O)C(CC)CC)CC1. The van der Waals surface area contributed by atoms with E-state index in [1.807, 2.05) is 11.8 Å². The maximum atomic E-state index is 12.5. The van der Waals surface area contributed by atoms with E-state index in [1.165, 1.54) is 0 Å². The highest BCUT2D eigenvalue weighted by atomic mass is 16.2. The van der Waals surface area contributed by atoms with Crippen molar-refractivity contribution in [2.24, 2.45) is 10.9 Å². The smallest absolute Gasteiger partial charge is 0.225 e. The summed E-state index contributed by atoms with van der Waals surface area (Å²) in [7, 11) is 0. The van der Waals surface area contributed by atoms with E-state index in [-0.39, 0.29) is 5.92 Å². The molecule has 0 unspecified atom stereocenters. The summed E-state index contributed by atoms with van der Waals surface area (Å²) in [6, 6.07) is 0.398. The Bertz CT molecular complexity index is 408. The molecule has 1 aliphatic heterocycles. The summed E-state index contributed by atoms with van der Waals surface area (Å²) in [6.45, 7) is 11.7. The third kappa shape index (κ3) is 6.93. The van der Waals surface area contributed by atoms with Gasteiger partial charge in [0.05, 0.1) is 0 Å². The van der Waals surface area contributed by atoms with Crippen LogP contribution in [0.3, 0.4) is 0 Å². The van der Waals surface area contributed by atoms with Gasteiger partial charge in [-0.05, 0) is 46.0 Å². The lowest BCUT2D eigenvalue weighted by atomic mass is 9.98. The van der Waals surface area contributed by atoms with E-state index in [2.05, 4.69) is 48.5 Å². The van der Waals surface area contributed by atoms with Crippen molar-refractivity contribution in [3.05, 3.63) is 12.2 Å². The van der Waals surface area contributed by atoms with Gasteiger partial charge in [-0.2, -0.15) is 0 Å². The molecule has 0 aromatic rings. The fourth-order valence-electron chi connectivity index (χ4n) is 3.07. The molecule has 0 radical (unpaired) electrons. The van der Waals surface area contributed by atoms with Crippen molar-refractivity contribution in [3.63, 3.8) is 0 Å². The average molecular weight is 337 g/mol. The highest BCUT2D eigenvalue weighted by Crippen LogP contribution is 2.17. The number of allylic oxidation sites excluding steroid dienone is 1. The molecule has 0 saturated carbocycles. The number of carbonyl (C=O) groups excluding carboxylic acids is 1. The molecule has 1 aliphatic rings. The Balaban J connectivity index is 2.46. The number of likely N-dealkylation sites (tertiary alicyclic amines) is 1. The molecule has 1 fully saturated rings. The second-order valence-electron chi connectivity index (χ2n) is 6.38. The van der Waals surface area contributed by atoms with Crippen LogP contribution in [-0.4, -0.2) is 49.0 Å². The number of nitrogens with zero attached hydrogens (tertiary/aromatic N) is 2. The van der Waals surface area contributed by atoms with E-state index in [1.54, 1.807) is 0 Å². The third-order valence-corrected chi connectivity index (χ3v) is 4.63. The summed E-state index contributed by atoms with van der Waals surface area (Å²) in [4.78, 5) is 19.1. The monoisotopic (exact) mass is 336 g/mol. The second kappa shape index (κ2) is 11.9. The Morgan fingerprint density at radius 2 is 1.92 bits per heavy atom. The predicted octanol–water partition coefficient (Wildman–Crippen LogP) is 2.93. The van der Waals surface area contributed by atoms with Gasteiger partial charge < -0.3 is 15.5 Å². The highest BCUT2D eigenvalue weighted by molar-refractivity contribution is 5.80. The fourth-order valence-corrected chi connectivity index (χ4v) is 3.07. The standard InChI is InChI=1S/C19H36N4O/c1-5-9-10-13-21-19(20-8-4)22-17-11-14-23(15-12-17)18(24)16(6-2)7-3/h5,9,16-17H,6-8,10-15H2,1-4H3,(H2,20,21,22)/b9-5+. The maximum absolute atomic E-state index is 12.5. The highest BCUT2D eigenvalue weighted by Gasteiger charge is 2.26. The van der Waals surface area contributed by atoms with Gasteiger partial charge >= 0.3 is 0 Å². The van der Waals surface area contributed by atoms with Crippen LogP contribution < -0.4 is 10.6 Å². The summed E-state index contributed by atoms with van der Waals surface area (Å²) in [5, 5.41) is 6.84. The van der Waals surface area contributed by atoms with Crippen LogP contribution in [-0.2, 0) is 4.79 Å². The normalized spacial score (nSPS) is 16.9. The van der Waals surface area contributed by atoms with Crippen molar-refractivity contribution < 1.29 is 4.79 Å². The first-order valence-corrected chi connectivity index (χ1v) is 9.60. The molecular formula is C19H36N4O. The topological polar surface area (TPSA) is 56.7 Å². The van der Waals surface area contributed by atoms with E-state index in [0.717, 1.165) is 64.2 Å². The number of amides is 1. The number of piperidine rings is 1. The number of carbonyl (C=O) groups is 1. The average Bonchev–Trinajstić information content (AvgIpc) is 2.60. The molecule has 0 aliphatic carbocycles. The van der Waals surface area contributed by atoms with Crippen LogP contribution in [0.15, 0.2) is 17.1 Å². The molecule has 0 aromatic carbocycles. The first-order valence-electron chi connectivity index (χ1n) is 9.60.